The normalized spacial score (nSPS) is 17.1. The van der Waals surface area contributed by atoms with E-state index >= 15 is 0 Å². The highest BCUT2D eigenvalue weighted by Gasteiger charge is 2.39. The summed E-state index contributed by atoms with van der Waals surface area (Å²) in [5, 5.41) is 22.1. The zero-order valence-electron chi connectivity index (χ0n) is 10.3. The fourth-order valence-corrected chi connectivity index (χ4v) is 2.71. The van der Waals surface area contributed by atoms with Crippen LogP contribution in [0.1, 0.15) is 36.0 Å². The summed E-state index contributed by atoms with van der Waals surface area (Å²) in [6.45, 7) is 0. The molecule has 0 saturated heterocycles. The van der Waals surface area contributed by atoms with Gasteiger partial charge in [0.1, 0.15) is 17.1 Å². The molecule has 19 heavy (non-hydrogen) atoms. The van der Waals surface area contributed by atoms with E-state index in [1.165, 1.54) is 18.2 Å². The van der Waals surface area contributed by atoms with Gasteiger partial charge in [-0.1, -0.05) is 31.1 Å². The van der Waals surface area contributed by atoms with Crippen LogP contribution in [-0.2, 0) is 0 Å². The van der Waals surface area contributed by atoms with E-state index in [0.29, 0.717) is 12.8 Å². The smallest absolute Gasteiger partial charge is 0.259 e. The lowest BCUT2D eigenvalue weighted by Crippen LogP contribution is -2.54. The first-order chi connectivity index (χ1) is 8.96. The highest BCUT2D eigenvalue weighted by molar-refractivity contribution is 7.80. The number of carbonyl (C=O) groups excluding carboxylic acids is 1. The number of amides is 1. The molecule has 0 unspecified atom stereocenters. The molecule has 0 aromatic heterocycles. The van der Waals surface area contributed by atoms with Crippen LogP contribution in [0.4, 0.5) is 0 Å². The number of phenolic OH excluding ortho intramolecular Hbond substituents is 2. The van der Waals surface area contributed by atoms with Gasteiger partial charge in [0.25, 0.3) is 5.91 Å². The van der Waals surface area contributed by atoms with Crippen molar-refractivity contribution in [3.8, 4) is 11.5 Å². The van der Waals surface area contributed by atoms with Crippen LogP contribution in [0.3, 0.4) is 0 Å². The first kappa shape index (κ1) is 13.6. The standard InChI is InChI=1S/C13H16N2O3S/c14-12(19)13(6-1-2-7-13)15-11(18)10-8(16)4-3-5-9(10)17/h3-5,16-17H,1-2,6-7H2,(H2,14,19)(H,15,18). The molecular formula is C13H16N2O3S. The number of carbonyl (C=O) groups is 1. The Morgan fingerprint density at radius 3 is 2.26 bits per heavy atom. The minimum absolute atomic E-state index is 0.148. The molecule has 0 atom stereocenters. The van der Waals surface area contributed by atoms with Gasteiger partial charge in [-0.25, -0.2) is 0 Å². The van der Waals surface area contributed by atoms with Crippen LogP contribution >= 0.6 is 12.2 Å². The average Bonchev–Trinajstić information content (AvgIpc) is 2.78. The van der Waals surface area contributed by atoms with Gasteiger partial charge < -0.3 is 21.3 Å². The third-order valence-corrected chi connectivity index (χ3v) is 3.92. The molecule has 0 heterocycles. The van der Waals surface area contributed by atoms with Gasteiger partial charge in [0.15, 0.2) is 0 Å². The molecule has 2 rings (SSSR count). The molecule has 1 fully saturated rings. The first-order valence-corrected chi connectivity index (χ1v) is 6.50. The maximum atomic E-state index is 12.2. The summed E-state index contributed by atoms with van der Waals surface area (Å²) in [5.74, 6) is -1.10. The lowest BCUT2D eigenvalue weighted by atomic mass is 9.96. The molecule has 1 saturated carbocycles. The second-order valence-corrected chi connectivity index (χ2v) is 5.22. The monoisotopic (exact) mass is 280 g/mol. The van der Waals surface area contributed by atoms with Gasteiger partial charge in [0, 0.05) is 0 Å². The second kappa shape index (κ2) is 5.05. The molecule has 0 radical (unpaired) electrons. The van der Waals surface area contributed by atoms with Gasteiger partial charge in [-0.3, -0.25) is 4.79 Å². The fraction of sp³-hybridized carbons (Fsp3) is 0.385. The van der Waals surface area contributed by atoms with Crippen LogP contribution in [0.2, 0.25) is 0 Å². The number of benzene rings is 1. The predicted molar refractivity (Wildman–Crippen MR) is 75.2 cm³/mol. The van der Waals surface area contributed by atoms with Crippen molar-refractivity contribution in [1.29, 1.82) is 0 Å². The number of hydrogen-bond acceptors (Lipinski definition) is 4. The summed E-state index contributed by atoms with van der Waals surface area (Å²) in [4.78, 5) is 12.4. The van der Waals surface area contributed by atoms with Gasteiger partial charge in [0.2, 0.25) is 0 Å². The molecule has 0 spiro atoms. The van der Waals surface area contributed by atoms with Crippen LogP contribution in [-0.4, -0.2) is 26.6 Å². The first-order valence-electron chi connectivity index (χ1n) is 6.10. The molecule has 6 heteroatoms. The van der Waals surface area contributed by atoms with Crippen molar-refractivity contribution in [2.45, 2.75) is 31.2 Å². The number of hydrogen-bond donors (Lipinski definition) is 4. The summed E-state index contributed by atoms with van der Waals surface area (Å²) >= 11 is 5.04. The zero-order chi connectivity index (χ0) is 14.0. The molecule has 1 aromatic rings. The van der Waals surface area contributed by atoms with Crippen LogP contribution in [0, 0.1) is 0 Å². The minimum Gasteiger partial charge on any atom is -0.507 e. The van der Waals surface area contributed by atoms with E-state index in [0.717, 1.165) is 12.8 Å². The molecule has 1 aliphatic carbocycles. The van der Waals surface area contributed by atoms with E-state index < -0.39 is 11.4 Å². The highest BCUT2D eigenvalue weighted by Crippen LogP contribution is 2.32. The van der Waals surface area contributed by atoms with Crippen molar-refractivity contribution in [2.75, 3.05) is 0 Å². The maximum Gasteiger partial charge on any atom is 0.259 e. The Balaban J connectivity index is 2.28. The molecule has 102 valence electrons. The lowest BCUT2D eigenvalue weighted by Gasteiger charge is -2.29. The number of phenols is 2. The third kappa shape index (κ3) is 2.49. The average molecular weight is 280 g/mol. The van der Waals surface area contributed by atoms with Crippen molar-refractivity contribution >= 4 is 23.1 Å². The predicted octanol–water partition coefficient (Wildman–Crippen LogP) is 1.43. The van der Waals surface area contributed by atoms with Crippen LogP contribution in [0.25, 0.3) is 0 Å². The summed E-state index contributed by atoms with van der Waals surface area (Å²) < 4.78 is 0. The largest absolute Gasteiger partial charge is 0.507 e. The number of nitrogens with one attached hydrogen (secondary N) is 1. The Kier molecular flexibility index (Phi) is 3.61. The van der Waals surface area contributed by atoms with E-state index in [2.05, 4.69) is 5.32 Å². The van der Waals surface area contributed by atoms with Gasteiger partial charge in [0.05, 0.1) is 10.5 Å². The van der Waals surface area contributed by atoms with E-state index in [-0.39, 0.29) is 22.1 Å². The Bertz CT molecular complexity index is 504. The molecule has 1 aromatic carbocycles. The van der Waals surface area contributed by atoms with Crippen molar-refractivity contribution in [2.24, 2.45) is 5.73 Å². The Labute approximate surface area is 116 Å². The molecule has 1 aliphatic rings. The molecule has 0 aliphatic heterocycles. The molecule has 5 nitrogen and oxygen atoms in total. The van der Waals surface area contributed by atoms with Crippen molar-refractivity contribution in [3.63, 3.8) is 0 Å². The van der Waals surface area contributed by atoms with Crippen LogP contribution < -0.4 is 11.1 Å². The number of aromatic hydroxyl groups is 2. The maximum absolute atomic E-state index is 12.2. The quantitative estimate of drug-likeness (QED) is 0.628. The minimum atomic E-state index is -0.707. The SMILES string of the molecule is NC(=S)C1(NC(=O)c2c(O)cccc2O)CCCC1. The van der Waals surface area contributed by atoms with Crippen LogP contribution in [0.15, 0.2) is 18.2 Å². The Morgan fingerprint density at radius 2 is 1.79 bits per heavy atom. The Hall–Kier alpha value is -1.82. The van der Waals surface area contributed by atoms with Crippen molar-refractivity contribution < 1.29 is 15.0 Å². The van der Waals surface area contributed by atoms with Gasteiger partial charge >= 0.3 is 0 Å². The zero-order valence-corrected chi connectivity index (χ0v) is 11.2. The summed E-state index contributed by atoms with van der Waals surface area (Å²) in [7, 11) is 0. The van der Waals surface area contributed by atoms with Gasteiger partial charge in [-0.05, 0) is 25.0 Å². The van der Waals surface area contributed by atoms with E-state index in [9.17, 15) is 15.0 Å². The summed E-state index contributed by atoms with van der Waals surface area (Å²) in [6.07, 6.45) is 3.24. The number of nitrogens with two attached hydrogens (primary N) is 1. The lowest BCUT2D eigenvalue weighted by molar-refractivity contribution is 0.0919. The second-order valence-electron chi connectivity index (χ2n) is 4.78. The molecule has 1 amide bonds. The Morgan fingerprint density at radius 1 is 1.26 bits per heavy atom. The third-order valence-electron chi connectivity index (χ3n) is 3.53. The molecular weight excluding hydrogens is 264 g/mol. The van der Waals surface area contributed by atoms with Crippen molar-refractivity contribution in [3.05, 3.63) is 23.8 Å². The summed E-state index contributed by atoms with van der Waals surface area (Å²) in [5.41, 5.74) is 4.87. The molecule has 5 N–H and O–H groups in total. The fourth-order valence-electron chi connectivity index (χ4n) is 2.45. The molecule has 0 bridgehead atoms. The number of thiocarbonyl (C=S) groups is 1. The van der Waals surface area contributed by atoms with Crippen LogP contribution in [0.5, 0.6) is 11.5 Å². The van der Waals surface area contributed by atoms with E-state index in [1.54, 1.807) is 0 Å². The van der Waals surface area contributed by atoms with Crippen molar-refractivity contribution in [1.82, 2.24) is 5.32 Å². The number of rotatable bonds is 3. The van der Waals surface area contributed by atoms with Gasteiger partial charge in [-0.15, -0.1) is 0 Å². The van der Waals surface area contributed by atoms with E-state index in [4.69, 9.17) is 18.0 Å². The highest BCUT2D eigenvalue weighted by atomic mass is 32.1. The summed E-state index contributed by atoms with van der Waals surface area (Å²) in [6, 6.07) is 4.15. The topological polar surface area (TPSA) is 95.6 Å². The van der Waals surface area contributed by atoms with Gasteiger partial charge in [-0.2, -0.15) is 0 Å². The van der Waals surface area contributed by atoms with E-state index in [1.807, 2.05) is 0 Å².